The van der Waals surface area contributed by atoms with Crippen molar-refractivity contribution in [2.75, 3.05) is 13.1 Å². The van der Waals surface area contributed by atoms with Crippen LogP contribution in [-0.4, -0.2) is 39.8 Å². The van der Waals surface area contributed by atoms with Crippen LogP contribution in [0.25, 0.3) is 0 Å². The standard InChI is InChI=1S/C11H13N3O2/c15-11(9-1-5-12-6-2-9)14-7-3-10(13-16)4-8-14/h1-2,5-6,16H,3-4,7-8H2. The van der Waals surface area contributed by atoms with Crippen molar-refractivity contribution in [3.63, 3.8) is 0 Å². The van der Waals surface area contributed by atoms with Gasteiger partial charge < -0.3 is 10.1 Å². The number of aromatic nitrogens is 1. The van der Waals surface area contributed by atoms with Gasteiger partial charge in [0.25, 0.3) is 5.91 Å². The van der Waals surface area contributed by atoms with Crippen molar-refractivity contribution in [3.05, 3.63) is 30.1 Å². The predicted molar refractivity (Wildman–Crippen MR) is 58.6 cm³/mol. The van der Waals surface area contributed by atoms with E-state index in [1.54, 1.807) is 29.4 Å². The van der Waals surface area contributed by atoms with Crippen LogP contribution in [0.2, 0.25) is 0 Å². The van der Waals surface area contributed by atoms with Gasteiger partial charge in [-0.05, 0) is 12.1 Å². The van der Waals surface area contributed by atoms with Crippen LogP contribution in [0.4, 0.5) is 0 Å². The Kier molecular flexibility index (Phi) is 3.14. The Balaban J connectivity index is 2.02. The molecule has 0 atom stereocenters. The molecule has 2 rings (SSSR count). The Morgan fingerprint density at radius 3 is 2.50 bits per heavy atom. The molecule has 16 heavy (non-hydrogen) atoms. The predicted octanol–water partition coefficient (Wildman–Crippen LogP) is 1.15. The molecule has 1 aliphatic heterocycles. The normalized spacial score (nSPS) is 16.0. The van der Waals surface area contributed by atoms with Crippen molar-refractivity contribution in [3.8, 4) is 0 Å². The minimum absolute atomic E-state index is 0.0133. The van der Waals surface area contributed by atoms with Gasteiger partial charge in [-0.3, -0.25) is 9.78 Å². The summed E-state index contributed by atoms with van der Waals surface area (Å²) in [6, 6.07) is 3.41. The van der Waals surface area contributed by atoms with Crippen LogP contribution in [0.1, 0.15) is 23.2 Å². The summed E-state index contributed by atoms with van der Waals surface area (Å²) in [6.07, 6.45) is 4.51. The van der Waals surface area contributed by atoms with Crippen LogP contribution in [-0.2, 0) is 0 Å². The number of amides is 1. The molecule has 0 radical (unpaired) electrons. The summed E-state index contributed by atoms with van der Waals surface area (Å²) in [6.45, 7) is 1.22. The molecule has 0 spiro atoms. The Morgan fingerprint density at radius 1 is 1.31 bits per heavy atom. The number of rotatable bonds is 1. The molecule has 5 nitrogen and oxygen atoms in total. The maximum atomic E-state index is 12.0. The number of carbonyl (C=O) groups is 1. The number of likely N-dealkylation sites (tertiary alicyclic amines) is 1. The van der Waals surface area contributed by atoms with Gasteiger partial charge in [-0.25, -0.2) is 0 Å². The Hall–Kier alpha value is -1.91. The number of hydrogen-bond donors (Lipinski definition) is 1. The lowest BCUT2D eigenvalue weighted by atomic mass is 10.1. The third-order valence-corrected chi connectivity index (χ3v) is 2.70. The molecular weight excluding hydrogens is 206 g/mol. The van der Waals surface area contributed by atoms with Crippen molar-refractivity contribution in [2.24, 2.45) is 5.16 Å². The maximum Gasteiger partial charge on any atom is 0.253 e. The lowest BCUT2D eigenvalue weighted by Gasteiger charge is -2.27. The van der Waals surface area contributed by atoms with Crippen LogP contribution in [0.15, 0.2) is 29.7 Å². The van der Waals surface area contributed by atoms with Gasteiger partial charge in [-0.2, -0.15) is 0 Å². The van der Waals surface area contributed by atoms with Gasteiger partial charge in [-0.1, -0.05) is 5.16 Å². The number of hydrogen-bond acceptors (Lipinski definition) is 4. The van der Waals surface area contributed by atoms with Gasteiger partial charge >= 0.3 is 0 Å². The molecule has 1 N–H and O–H groups in total. The zero-order chi connectivity index (χ0) is 11.4. The van der Waals surface area contributed by atoms with Crippen molar-refractivity contribution >= 4 is 11.6 Å². The van der Waals surface area contributed by atoms with E-state index in [1.807, 2.05) is 0 Å². The first kappa shape index (κ1) is 10.6. The van der Waals surface area contributed by atoms with Gasteiger partial charge in [-0.15, -0.1) is 0 Å². The van der Waals surface area contributed by atoms with Crippen LogP contribution in [0, 0.1) is 0 Å². The second kappa shape index (κ2) is 4.74. The van der Waals surface area contributed by atoms with E-state index in [4.69, 9.17) is 5.21 Å². The highest BCUT2D eigenvalue weighted by molar-refractivity contribution is 5.95. The molecule has 0 saturated carbocycles. The van der Waals surface area contributed by atoms with E-state index in [0.717, 1.165) is 5.71 Å². The maximum absolute atomic E-state index is 12.0. The third-order valence-electron chi connectivity index (χ3n) is 2.70. The highest BCUT2D eigenvalue weighted by Crippen LogP contribution is 2.11. The first-order valence-corrected chi connectivity index (χ1v) is 5.20. The second-order valence-corrected chi connectivity index (χ2v) is 3.69. The summed E-state index contributed by atoms with van der Waals surface area (Å²) in [5.74, 6) is 0.0133. The monoisotopic (exact) mass is 219 g/mol. The molecule has 1 amide bonds. The summed E-state index contributed by atoms with van der Waals surface area (Å²) in [7, 11) is 0. The molecule has 1 aromatic heterocycles. The molecule has 0 aromatic carbocycles. The molecule has 1 aliphatic rings. The van der Waals surface area contributed by atoms with Gasteiger partial charge in [0.05, 0.1) is 5.71 Å². The Morgan fingerprint density at radius 2 is 1.94 bits per heavy atom. The summed E-state index contributed by atoms with van der Waals surface area (Å²) in [5, 5.41) is 11.8. The molecule has 1 aromatic rings. The molecule has 5 heteroatoms. The zero-order valence-corrected chi connectivity index (χ0v) is 8.83. The first-order chi connectivity index (χ1) is 7.81. The third kappa shape index (κ3) is 2.18. The average Bonchev–Trinajstić information content (AvgIpc) is 2.39. The highest BCUT2D eigenvalue weighted by Gasteiger charge is 2.20. The minimum Gasteiger partial charge on any atom is -0.411 e. The fourth-order valence-corrected chi connectivity index (χ4v) is 1.74. The van der Waals surface area contributed by atoms with E-state index < -0.39 is 0 Å². The summed E-state index contributed by atoms with van der Waals surface area (Å²) >= 11 is 0. The summed E-state index contributed by atoms with van der Waals surface area (Å²) in [4.78, 5) is 17.6. The van der Waals surface area contributed by atoms with Crippen molar-refractivity contribution < 1.29 is 10.0 Å². The van der Waals surface area contributed by atoms with Crippen LogP contribution < -0.4 is 0 Å². The molecule has 0 aliphatic carbocycles. The minimum atomic E-state index is 0.0133. The van der Waals surface area contributed by atoms with Gasteiger partial charge in [0.15, 0.2) is 0 Å². The number of piperidine rings is 1. The van der Waals surface area contributed by atoms with E-state index in [9.17, 15) is 4.79 Å². The number of nitrogens with zero attached hydrogens (tertiary/aromatic N) is 3. The molecule has 2 heterocycles. The molecule has 0 bridgehead atoms. The number of pyridine rings is 1. The van der Waals surface area contributed by atoms with E-state index in [-0.39, 0.29) is 5.91 Å². The Bertz CT molecular complexity index is 393. The van der Waals surface area contributed by atoms with Gasteiger partial charge in [0.2, 0.25) is 0 Å². The summed E-state index contributed by atoms with van der Waals surface area (Å²) < 4.78 is 0. The molecule has 84 valence electrons. The highest BCUT2D eigenvalue weighted by atomic mass is 16.4. The molecule has 1 saturated heterocycles. The lowest BCUT2D eigenvalue weighted by molar-refractivity contribution is 0.0753. The van der Waals surface area contributed by atoms with Crippen molar-refractivity contribution in [1.29, 1.82) is 0 Å². The molecule has 0 unspecified atom stereocenters. The van der Waals surface area contributed by atoms with Crippen LogP contribution in [0.5, 0.6) is 0 Å². The number of carbonyl (C=O) groups excluding carboxylic acids is 1. The van der Waals surface area contributed by atoms with E-state index in [0.29, 0.717) is 31.5 Å². The van der Waals surface area contributed by atoms with E-state index >= 15 is 0 Å². The smallest absolute Gasteiger partial charge is 0.253 e. The lowest BCUT2D eigenvalue weighted by Crippen LogP contribution is -2.38. The van der Waals surface area contributed by atoms with Crippen molar-refractivity contribution in [2.45, 2.75) is 12.8 Å². The average molecular weight is 219 g/mol. The topological polar surface area (TPSA) is 65.8 Å². The Labute approximate surface area is 93.4 Å². The SMILES string of the molecule is O=C(c1ccncc1)N1CCC(=NO)CC1. The van der Waals surface area contributed by atoms with Crippen LogP contribution >= 0.6 is 0 Å². The van der Waals surface area contributed by atoms with Crippen molar-refractivity contribution in [1.82, 2.24) is 9.88 Å². The first-order valence-electron chi connectivity index (χ1n) is 5.20. The fraction of sp³-hybridized carbons (Fsp3) is 0.364. The summed E-state index contributed by atoms with van der Waals surface area (Å²) in [5.41, 5.74) is 1.41. The van der Waals surface area contributed by atoms with Gasteiger partial charge in [0.1, 0.15) is 0 Å². The molecule has 1 fully saturated rings. The molecular formula is C11H13N3O2. The van der Waals surface area contributed by atoms with E-state index in [1.165, 1.54) is 0 Å². The zero-order valence-electron chi connectivity index (χ0n) is 8.83. The van der Waals surface area contributed by atoms with Gasteiger partial charge in [0, 0.05) is 43.9 Å². The quantitative estimate of drug-likeness (QED) is 0.569. The second-order valence-electron chi connectivity index (χ2n) is 3.69. The fourth-order valence-electron chi connectivity index (χ4n) is 1.74. The van der Waals surface area contributed by atoms with Crippen LogP contribution in [0.3, 0.4) is 0 Å². The number of oxime groups is 1. The van der Waals surface area contributed by atoms with E-state index in [2.05, 4.69) is 10.1 Å². The largest absolute Gasteiger partial charge is 0.411 e.